The number of likely N-dealkylation sites (N-methyl/N-ethyl adjacent to an activating group) is 1. The summed E-state index contributed by atoms with van der Waals surface area (Å²) in [6.45, 7) is 0.148. The molecule has 1 fully saturated rings. The first kappa shape index (κ1) is 11.2. The number of urea groups is 1. The second kappa shape index (κ2) is 3.60. The molecule has 0 saturated carbocycles. The van der Waals surface area contributed by atoms with E-state index < -0.39 is 5.62 Å². The molecule has 2 amide bonds. The SMILES string of the molecule is BC1(O)CN(c2ccnc(Cl)n2)C(=O)N1C. The van der Waals surface area contributed by atoms with Gasteiger partial charge in [-0.25, -0.2) is 14.8 Å². The van der Waals surface area contributed by atoms with Crippen molar-refractivity contribution in [3.8, 4) is 0 Å². The third-order valence-corrected chi connectivity index (χ3v) is 2.77. The van der Waals surface area contributed by atoms with Crippen molar-refractivity contribution in [3.05, 3.63) is 17.5 Å². The van der Waals surface area contributed by atoms with Gasteiger partial charge in [-0.05, 0) is 17.7 Å². The maximum Gasteiger partial charge on any atom is 0.327 e. The van der Waals surface area contributed by atoms with E-state index in [9.17, 15) is 9.90 Å². The summed E-state index contributed by atoms with van der Waals surface area (Å²) in [5.41, 5.74) is -1.20. The summed E-state index contributed by atoms with van der Waals surface area (Å²) in [5.74, 6) is 0.384. The lowest BCUT2D eigenvalue weighted by Crippen LogP contribution is -2.45. The van der Waals surface area contributed by atoms with Gasteiger partial charge < -0.3 is 10.0 Å². The van der Waals surface area contributed by atoms with Gasteiger partial charge in [-0.15, -0.1) is 0 Å². The molecule has 2 rings (SSSR count). The van der Waals surface area contributed by atoms with Crippen LogP contribution < -0.4 is 4.90 Å². The van der Waals surface area contributed by atoms with Gasteiger partial charge in [0, 0.05) is 13.2 Å². The topological polar surface area (TPSA) is 69.6 Å². The van der Waals surface area contributed by atoms with Crippen molar-refractivity contribution < 1.29 is 9.90 Å². The number of β-amino-alcohol motifs (C(OH)–C–C–N with tert-alkyl or cyclic N) is 1. The summed E-state index contributed by atoms with van der Waals surface area (Å²) >= 11 is 5.64. The van der Waals surface area contributed by atoms with Crippen LogP contribution in [-0.4, -0.2) is 53.1 Å². The molecular weight excluding hydrogens is 230 g/mol. The standard InChI is InChI=1S/C8H10BClN4O2/c1-13-7(15)14(4-8(13,9)16)5-2-3-11-6(10)12-5/h2-3,16H,4,9H2,1H3. The Morgan fingerprint density at radius 2 is 2.38 bits per heavy atom. The third-order valence-electron chi connectivity index (χ3n) is 2.59. The van der Waals surface area contributed by atoms with Crippen LogP contribution in [0.1, 0.15) is 0 Å². The van der Waals surface area contributed by atoms with E-state index in [0.717, 1.165) is 0 Å². The molecule has 0 aromatic carbocycles. The highest BCUT2D eigenvalue weighted by atomic mass is 35.5. The molecule has 1 saturated heterocycles. The molecule has 1 aliphatic rings. The van der Waals surface area contributed by atoms with Crippen molar-refractivity contribution in [1.29, 1.82) is 0 Å². The van der Waals surface area contributed by atoms with Gasteiger partial charge >= 0.3 is 6.03 Å². The Balaban J connectivity index is 2.34. The van der Waals surface area contributed by atoms with Gasteiger partial charge in [-0.3, -0.25) is 4.90 Å². The molecule has 0 bridgehead atoms. The molecule has 0 radical (unpaired) electrons. The molecular formula is C8H10BClN4O2. The van der Waals surface area contributed by atoms with Crippen molar-refractivity contribution >= 4 is 31.3 Å². The minimum Gasteiger partial charge on any atom is -0.377 e. The van der Waals surface area contributed by atoms with Crippen LogP contribution in [0.4, 0.5) is 10.6 Å². The third kappa shape index (κ3) is 1.72. The van der Waals surface area contributed by atoms with Crippen molar-refractivity contribution in [2.45, 2.75) is 5.62 Å². The normalized spacial score (nSPS) is 25.3. The zero-order valence-corrected chi connectivity index (χ0v) is 9.64. The van der Waals surface area contributed by atoms with Gasteiger partial charge in [-0.1, -0.05) is 0 Å². The average Bonchev–Trinajstić information content (AvgIpc) is 2.42. The predicted molar refractivity (Wildman–Crippen MR) is 61.0 cm³/mol. The van der Waals surface area contributed by atoms with Gasteiger partial charge in [-0.2, -0.15) is 0 Å². The number of hydrogen-bond acceptors (Lipinski definition) is 4. The second-order valence-corrected chi connectivity index (χ2v) is 4.17. The number of amides is 2. The van der Waals surface area contributed by atoms with Gasteiger partial charge in [0.1, 0.15) is 11.4 Å². The van der Waals surface area contributed by atoms with E-state index in [4.69, 9.17) is 11.6 Å². The maximum atomic E-state index is 11.8. The van der Waals surface area contributed by atoms with E-state index in [-0.39, 0.29) is 17.9 Å². The Labute approximate surface area is 98.3 Å². The minimum atomic E-state index is -1.20. The molecule has 1 unspecified atom stereocenters. The zero-order valence-electron chi connectivity index (χ0n) is 8.88. The number of rotatable bonds is 1. The van der Waals surface area contributed by atoms with Crippen molar-refractivity contribution in [3.63, 3.8) is 0 Å². The molecule has 0 spiro atoms. The highest BCUT2D eigenvalue weighted by Crippen LogP contribution is 2.24. The van der Waals surface area contributed by atoms with Crippen LogP contribution in [0, 0.1) is 0 Å². The number of carbonyl (C=O) groups is 1. The smallest absolute Gasteiger partial charge is 0.327 e. The number of carbonyl (C=O) groups excluding carboxylic acids is 1. The fourth-order valence-electron chi connectivity index (χ4n) is 1.52. The quantitative estimate of drug-likeness (QED) is 0.520. The van der Waals surface area contributed by atoms with E-state index in [1.807, 2.05) is 0 Å². The first-order valence-electron chi connectivity index (χ1n) is 4.68. The molecule has 1 N–H and O–H groups in total. The molecule has 8 heteroatoms. The van der Waals surface area contributed by atoms with Crippen LogP contribution in [0.25, 0.3) is 0 Å². The second-order valence-electron chi connectivity index (χ2n) is 3.83. The summed E-state index contributed by atoms with van der Waals surface area (Å²) in [5, 5.41) is 9.99. The molecule has 1 aromatic heterocycles. The average molecular weight is 240 g/mol. The van der Waals surface area contributed by atoms with Gasteiger partial charge in [0.2, 0.25) is 5.28 Å². The molecule has 1 aromatic rings. The van der Waals surface area contributed by atoms with Gasteiger partial charge in [0.05, 0.1) is 6.54 Å². The highest BCUT2D eigenvalue weighted by Gasteiger charge is 2.43. The summed E-state index contributed by atoms with van der Waals surface area (Å²) in [6, 6.07) is 1.25. The predicted octanol–water partition coefficient (Wildman–Crippen LogP) is -0.719. The van der Waals surface area contributed by atoms with Crippen LogP contribution in [-0.2, 0) is 0 Å². The number of hydrogen-bond donors (Lipinski definition) is 1. The highest BCUT2D eigenvalue weighted by molar-refractivity contribution is 6.28. The number of aromatic nitrogens is 2. The van der Waals surface area contributed by atoms with Gasteiger partial charge in [0.25, 0.3) is 0 Å². The molecule has 16 heavy (non-hydrogen) atoms. The largest absolute Gasteiger partial charge is 0.377 e. The molecule has 2 heterocycles. The molecule has 1 atom stereocenters. The van der Waals surface area contributed by atoms with E-state index in [2.05, 4.69) is 9.97 Å². The fraction of sp³-hybridized carbons (Fsp3) is 0.375. The fourth-order valence-corrected chi connectivity index (χ4v) is 1.66. The monoisotopic (exact) mass is 240 g/mol. The van der Waals surface area contributed by atoms with E-state index in [0.29, 0.717) is 5.82 Å². The summed E-state index contributed by atoms with van der Waals surface area (Å²) in [4.78, 5) is 22.1. The molecule has 0 aliphatic carbocycles. The van der Waals surface area contributed by atoms with Gasteiger partial charge in [0.15, 0.2) is 7.85 Å². The summed E-state index contributed by atoms with van der Waals surface area (Å²) < 4.78 is 0. The molecule has 84 valence electrons. The molecule has 1 aliphatic heterocycles. The number of aliphatic hydroxyl groups is 1. The summed E-state index contributed by atoms with van der Waals surface area (Å²) in [6.07, 6.45) is 1.46. The van der Waals surface area contributed by atoms with Crippen molar-refractivity contribution in [1.82, 2.24) is 14.9 Å². The first-order valence-corrected chi connectivity index (χ1v) is 5.06. The van der Waals surface area contributed by atoms with Crippen LogP contribution >= 0.6 is 11.6 Å². The van der Waals surface area contributed by atoms with E-state index in [1.54, 1.807) is 13.9 Å². The van der Waals surface area contributed by atoms with E-state index in [1.165, 1.54) is 23.0 Å². The molecule has 6 nitrogen and oxygen atoms in total. The number of halogens is 1. The lowest BCUT2D eigenvalue weighted by Gasteiger charge is -2.23. The number of anilines is 1. The number of nitrogens with zero attached hydrogens (tertiary/aromatic N) is 4. The Hall–Kier alpha value is -1.34. The van der Waals surface area contributed by atoms with E-state index >= 15 is 0 Å². The zero-order chi connectivity index (χ0) is 11.9. The van der Waals surface area contributed by atoms with Crippen LogP contribution in [0.15, 0.2) is 12.3 Å². The first-order chi connectivity index (χ1) is 7.42. The maximum absolute atomic E-state index is 11.8. The lowest BCUT2D eigenvalue weighted by atomic mass is 9.91. The Kier molecular flexibility index (Phi) is 2.51. The summed E-state index contributed by atoms with van der Waals surface area (Å²) in [7, 11) is 3.10. The van der Waals surface area contributed by atoms with Crippen LogP contribution in [0.5, 0.6) is 0 Å². The Bertz CT molecular complexity index is 442. The Morgan fingerprint density at radius 3 is 2.88 bits per heavy atom. The Morgan fingerprint density at radius 1 is 1.69 bits per heavy atom. The van der Waals surface area contributed by atoms with Crippen molar-refractivity contribution in [2.75, 3.05) is 18.5 Å². The van der Waals surface area contributed by atoms with Crippen molar-refractivity contribution in [2.24, 2.45) is 0 Å². The van der Waals surface area contributed by atoms with Crippen LogP contribution in [0.2, 0.25) is 5.28 Å². The lowest BCUT2D eigenvalue weighted by molar-refractivity contribution is 0.0391. The minimum absolute atomic E-state index is 0.0690. The van der Waals surface area contributed by atoms with Crippen LogP contribution in [0.3, 0.4) is 0 Å².